The number of rotatable bonds is 7. The molecule has 1 aliphatic rings. The third-order valence-electron chi connectivity index (χ3n) is 3.70. The molecule has 0 aliphatic carbocycles. The Kier molecular flexibility index (Phi) is 5.52. The number of fused-ring (bicyclic) bond motifs is 1. The normalized spacial score (nSPS) is 16.8. The lowest BCUT2D eigenvalue weighted by atomic mass is 10.0. The van der Waals surface area contributed by atoms with Crippen LogP contribution in [0.15, 0.2) is 48.2 Å². The van der Waals surface area contributed by atoms with Crippen LogP contribution in [0.2, 0.25) is 0 Å². The van der Waals surface area contributed by atoms with Crippen LogP contribution in [-0.2, 0) is 9.59 Å². The number of anilines is 1. The molecule has 0 saturated carbocycles. The van der Waals surface area contributed by atoms with Crippen LogP contribution >= 0.6 is 0 Å². The summed E-state index contributed by atoms with van der Waals surface area (Å²) in [6.07, 6.45) is 4.00. The molecule has 2 amide bonds. The van der Waals surface area contributed by atoms with E-state index in [1.54, 1.807) is 12.2 Å². The SMILES string of the molecule is C=CC(C)NC(/C=C1\C(=O)Nc2ccc(F)cc21)=C(/C)CNC=O. The fraction of sp³-hybridized carbons (Fsp3) is 0.222. The highest BCUT2D eigenvalue weighted by atomic mass is 19.1. The molecule has 1 heterocycles. The second-order valence-corrected chi connectivity index (χ2v) is 5.56. The Morgan fingerprint density at radius 2 is 2.21 bits per heavy atom. The van der Waals surface area contributed by atoms with Gasteiger partial charge in [-0.05, 0) is 43.7 Å². The third kappa shape index (κ3) is 3.90. The summed E-state index contributed by atoms with van der Waals surface area (Å²) in [5, 5.41) is 8.53. The molecule has 0 bridgehead atoms. The molecule has 1 aromatic rings. The maximum atomic E-state index is 13.5. The second kappa shape index (κ2) is 7.59. The van der Waals surface area contributed by atoms with Gasteiger partial charge in [0.2, 0.25) is 6.41 Å². The molecule has 1 aliphatic heterocycles. The first kappa shape index (κ1) is 17.5. The van der Waals surface area contributed by atoms with E-state index in [-0.39, 0.29) is 11.9 Å². The van der Waals surface area contributed by atoms with Gasteiger partial charge in [-0.3, -0.25) is 9.59 Å². The van der Waals surface area contributed by atoms with Gasteiger partial charge in [0.15, 0.2) is 0 Å². The lowest BCUT2D eigenvalue weighted by Crippen LogP contribution is -2.26. The van der Waals surface area contributed by atoms with Crippen molar-refractivity contribution in [2.45, 2.75) is 19.9 Å². The summed E-state index contributed by atoms with van der Waals surface area (Å²) < 4.78 is 13.5. The number of allylic oxidation sites excluding steroid dienone is 1. The topological polar surface area (TPSA) is 70.2 Å². The average molecular weight is 329 g/mol. The van der Waals surface area contributed by atoms with E-state index in [2.05, 4.69) is 22.5 Å². The molecule has 0 radical (unpaired) electrons. The van der Waals surface area contributed by atoms with Gasteiger partial charge >= 0.3 is 0 Å². The van der Waals surface area contributed by atoms with Gasteiger partial charge in [-0.25, -0.2) is 4.39 Å². The number of benzene rings is 1. The Hall–Kier alpha value is -2.89. The minimum Gasteiger partial charge on any atom is -0.379 e. The number of amides is 2. The third-order valence-corrected chi connectivity index (χ3v) is 3.70. The van der Waals surface area contributed by atoms with Crippen molar-refractivity contribution >= 4 is 23.6 Å². The Morgan fingerprint density at radius 3 is 2.88 bits per heavy atom. The fourth-order valence-corrected chi connectivity index (χ4v) is 2.33. The number of hydrogen-bond acceptors (Lipinski definition) is 3. The van der Waals surface area contributed by atoms with Crippen LogP contribution in [0.1, 0.15) is 19.4 Å². The molecule has 0 fully saturated rings. The molecular formula is C18H20FN3O2. The number of carbonyl (C=O) groups excluding carboxylic acids is 2. The number of halogens is 1. The van der Waals surface area contributed by atoms with Crippen LogP contribution in [0.25, 0.3) is 5.57 Å². The monoisotopic (exact) mass is 329 g/mol. The second-order valence-electron chi connectivity index (χ2n) is 5.56. The van der Waals surface area contributed by atoms with Crippen molar-refractivity contribution in [3.8, 4) is 0 Å². The maximum Gasteiger partial charge on any atom is 0.256 e. The predicted molar refractivity (Wildman–Crippen MR) is 92.6 cm³/mol. The number of hydrogen-bond donors (Lipinski definition) is 3. The largest absolute Gasteiger partial charge is 0.379 e. The van der Waals surface area contributed by atoms with Crippen molar-refractivity contribution in [3.63, 3.8) is 0 Å². The quantitative estimate of drug-likeness (QED) is 0.408. The Bertz CT molecular complexity index is 738. The zero-order valence-electron chi connectivity index (χ0n) is 13.7. The van der Waals surface area contributed by atoms with Crippen LogP contribution in [-0.4, -0.2) is 24.9 Å². The van der Waals surface area contributed by atoms with Crippen LogP contribution < -0.4 is 16.0 Å². The molecule has 0 spiro atoms. The molecule has 2 rings (SSSR count). The molecule has 0 saturated heterocycles. The van der Waals surface area contributed by atoms with Gasteiger partial charge in [-0.15, -0.1) is 6.58 Å². The summed E-state index contributed by atoms with van der Waals surface area (Å²) in [7, 11) is 0. The van der Waals surface area contributed by atoms with Crippen molar-refractivity contribution in [3.05, 3.63) is 59.6 Å². The van der Waals surface area contributed by atoms with E-state index in [1.165, 1.54) is 18.2 Å². The summed E-state index contributed by atoms with van der Waals surface area (Å²) in [5.41, 5.74) is 2.97. The number of carbonyl (C=O) groups is 2. The predicted octanol–water partition coefficient (Wildman–Crippen LogP) is 2.35. The zero-order valence-corrected chi connectivity index (χ0v) is 13.7. The minimum absolute atomic E-state index is 0.0422. The molecule has 1 atom stereocenters. The van der Waals surface area contributed by atoms with Gasteiger partial charge in [0, 0.05) is 29.5 Å². The molecule has 126 valence electrons. The fourth-order valence-electron chi connectivity index (χ4n) is 2.33. The lowest BCUT2D eigenvalue weighted by Gasteiger charge is -2.16. The molecule has 24 heavy (non-hydrogen) atoms. The van der Waals surface area contributed by atoms with Gasteiger partial charge in [0.25, 0.3) is 5.91 Å². The highest BCUT2D eigenvalue weighted by molar-refractivity contribution is 6.31. The van der Waals surface area contributed by atoms with Crippen LogP contribution in [0.3, 0.4) is 0 Å². The maximum absolute atomic E-state index is 13.5. The first-order chi connectivity index (χ1) is 11.5. The first-order valence-electron chi connectivity index (χ1n) is 7.55. The van der Waals surface area contributed by atoms with Crippen molar-refractivity contribution in [1.29, 1.82) is 0 Å². The molecule has 1 unspecified atom stereocenters. The van der Waals surface area contributed by atoms with E-state index in [1.807, 2.05) is 13.8 Å². The average Bonchev–Trinajstić information content (AvgIpc) is 2.87. The highest BCUT2D eigenvalue weighted by Gasteiger charge is 2.25. The smallest absolute Gasteiger partial charge is 0.256 e. The molecule has 0 aromatic heterocycles. The highest BCUT2D eigenvalue weighted by Crippen LogP contribution is 2.33. The standard InChI is InChI=1S/C18H20FN3O2/c1-4-12(3)21-17(11(2)9-20-10-23)8-15-14-7-13(19)5-6-16(14)22-18(15)24/h4-8,10,12,21H,1,9H2,2-3H3,(H,20,23)(H,22,24)/b15-8-,17-11-. The molecule has 3 N–H and O–H groups in total. The van der Waals surface area contributed by atoms with Gasteiger partial charge in [-0.2, -0.15) is 0 Å². The van der Waals surface area contributed by atoms with Gasteiger partial charge in [0.05, 0.1) is 5.57 Å². The summed E-state index contributed by atoms with van der Waals surface area (Å²) in [4.78, 5) is 22.7. The van der Waals surface area contributed by atoms with Crippen LogP contribution in [0.4, 0.5) is 10.1 Å². The Balaban J connectivity index is 2.46. The van der Waals surface area contributed by atoms with Gasteiger partial charge in [0.1, 0.15) is 5.82 Å². The first-order valence-corrected chi connectivity index (χ1v) is 7.55. The van der Waals surface area contributed by atoms with Crippen LogP contribution in [0, 0.1) is 5.82 Å². The van der Waals surface area contributed by atoms with Crippen molar-refractivity contribution < 1.29 is 14.0 Å². The van der Waals surface area contributed by atoms with E-state index in [9.17, 15) is 14.0 Å². The van der Waals surface area contributed by atoms with Crippen molar-refractivity contribution in [2.75, 3.05) is 11.9 Å². The number of nitrogens with one attached hydrogen (secondary N) is 3. The van der Waals surface area contributed by atoms with E-state index in [0.29, 0.717) is 35.5 Å². The Labute approximate surface area is 140 Å². The van der Waals surface area contributed by atoms with E-state index in [0.717, 1.165) is 5.57 Å². The molecular weight excluding hydrogens is 309 g/mol. The Morgan fingerprint density at radius 1 is 1.46 bits per heavy atom. The molecule has 1 aromatic carbocycles. The van der Waals surface area contributed by atoms with Crippen molar-refractivity contribution in [1.82, 2.24) is 10.6 Å². The summed E-state index contributed by atoms with van der Waals surface area (Å²) in [5.74, 6) is -0.703. The lowest BCUT2D eigenvalue weighted by molar-refractivity contribution is -0.111. The van der Waals surface area contributed by atoms with Crippen LogP contribution in [0.5, 0.6) is 0 Å². The van der Waals surface area contributed by atoms with Gasteiger partial charge < -0.3 is 16.0 Å². The summed E-state index contributed by atoms with van der Waals surface area (Å²) >= 11 is 0. The minimum atomic E-state index is -0.409. The van der Waals surface area contributed by atoms with E-state index in [4.69, 9.17) is 0 Å². The van der Waals surface area contributed by atoms with E-state index >= 15 is 0 Å². The van der Waals surface area contributed by atoms with Gasteiger partial charge in [-0.1, -0.05) is 6.08 Å². The zero-order chi connectivity index (χ0) is 17.7. The molecule has 6 heteroatoms. The van der Waals surface area contributed by atoms with Crippen molar-refractivity contribution in [2.24, 2.45) is 0 Å². The summed E-state index contributed by atoms with van der Waals surface area (Å²) in [6.45, 7) is 7.80. The molecule has 5 nitrogen and oxygen atoms in total. The van der Waals surface area contributed by atoms with E-state index < -0.39 is 5.82 Å². The summed E-state index contributed by atoms with van der Waals surface area (Å²) in [6, 6.07) is 4.12.